The zero-order valence-electron chi connectivity index (χ0n) is 16.0. The summed E-state index contributed by atoms with van der Waals surface area (Å²) in [5.41, 5.74) is -0.0994. The third kappa shape index (κ3) is 3.48. The van der Waals surface area contributed by atoms with Crippen LogP contribution in [-0.4, -0.2) is 47.2 Å². The van der Waals surface area contributed by atoms with E-state index in [1.165, 1.54) is 32.6 Å². The van der Waals surface area contributed by atoms with E-state index in [1.807, 2.05) is 0 Å². The Balaban J connectivity index is 1.89. The molecule has 0 N–H and O–H groups in total. The minimum absolute atomic E-state index is 0.0883. The van der Waals surface area contributed by atoms with Crippen LogP contribution in [0.2, 0.25) is 0 Å². The highest BCUT2D eigenvalue weighted by Crippen LogP contribution is 2.46. The summed E-state index contributed by atoms with van der Waals surface area (Å²) in [6, 6.07) is 6.72. The first-order chi connectivity index (χ1) is 13.8. The first-order valence-electron chi connectivity index (χ1n) is 8.99. The lowest BCUT2D eigenvalue weighted by molar-refractivity contribution is 0.187. The number of aromatic nitrogens is 4. The van der Waals surface area contributed by atoms with Crippen molar-refractivity contribution in [3.05, 3.63) is 33.7 Å². The standard InChI is InChI=1S/C18H19N5O4S2/c1-12-20-21-16(28-12)23-15-9-13(29(25,26)11-18(10-19)5-6-18)3-4-14(15)22(17(23)24)7-8-27-2/h3-4,9H,5-8,11H2,1-2H3. The van der Waals surface area contributed by atoms with Gasteiger partial charge in [0.25, 0.3) is 0 Å². The molecule has 152 valence electrons. The van der Waals surface area contributed by atoms with Gasteiger partial charge in [-0.15, -0.1) is 10.2 Å². The molecule has 0 radical (unpaired) electrons. The van der Waals surface area contributed by atoms with Crippen molar-refractivity contribution in [1.82, 2.24) is 19.3 Å². The van der Waals surface area contributed by atoms with Gasteiger partial charge >= 0.3 is 5.69 Å². The van der Waals surface area contributed by atoms with Crippen LogP contribution in [0.3, 0.4) is 0 Å². The van der Waals surface area contributed by atoms with E-state index in [-0.39, 0.29) is 16.3 Å². The highest BCUT2D eigenvalue weighted by Gasteiger charge is 2.47. The minimum Gasteiger partial charge on any atom is -0.383 e. The van der Waals surface area contributed by atoms with Gasteiger partial charge in [-0.25, -0.2) is 17.8 Å². The number of methoxy groups -OCH3 is 1. The predicted octanol–water partition coefficient (Wildman–Crippen LogP) is 1.68. The van der Waals surface area contributed by atoms with Crippen molar-refractivity contribution in [3.8, 4) is 11.2 Å². The Morgan fingerprint density at radius 3 is 2.66 bits per heavy atom. The molecule has 1 aromatic carbocycles. The summed E-state index contributed by atoms with van der Waals surface area (Å²) in [6.07, 6.45) is 1.18. The lowest BCUT2D eigenvalue weighted by Crippen LogP contribution is -2.24. The number of sulfone groups is 1. The number of nitrogens with zero attached hydrogens (tertiary/aromatic N) is 5. The fourth-order valence-corrected chi connectivity index (χ4v) is 5.79. The summed E-state index contributed by atoms with van der Waals surface area (Å²) in [5.74, 6) is -0.214. The van der Waals surface area contributed by atoms with E-state index in [4.69, 9.17) is 4.74 Å². The average Bonchev–Trinajstić information content (AvgIpc) is 3.23. The quantitative estimate of drug-likeness (QED) is 0.556. The summed E-state index contributed by atoms with van der Waals surface area (Å²) in [4.78, 5) is 13.2. The number of benzene rings is 1. The van der Waals surface area contributed by atoms with Crippen LogP contribution in [0, 0.1) is 23.7 Å². The van der Waals surface area contributed by atoms with Crippen LogP contribution in [0.5, 0.6) is 0 Å². The number of imidazole rings is 1. The molecule has 1 aliphatic carbocycles. The van der Waals surface area contributed by atoms with Crippen molar-refractivity contribution in [2.24, 2.45) is 5.41 Å². The van der Waals surface area contributed by atoms with Crippen LogP contribution in [0.15, 0.2) is 27.9 Å². The molecule has 0 aliphatic heterocycles. The van der Waals surface area contributed by atoms with E-state index >= 15 is 0 Å². The van der Waals surface area contributed by atoms with Gasteiger partial charge in [0.2, 0.25) is 5.13 Å². The van der Waals surface area contributed by atoms with Crippen LogP contribution in [0.4, 0.5) is 0 Å². The first-order valence-corrected chi connectivity index (χ1v) is 11.5. The number of nitriles is 1. The molecule has 0 atom stereocenters. The van der Waals surface area contributed by atoms with Crippen LogP contribution in [-0.2, 0) is 21.1 Å². The zero-order valence-corrected chi connectivity index (χ0v) is 17.6. The topological polar surface area (TPSA) is 120 Å². The molecule has 0 amide bonds. The van der Waals surface area contributed by atoms with Gasteiger partial charge in [0, 0.05) is 7.11 Å². The van der Waals surface area contributed by atoms with Crippen molar-refractivity contribution < 1.29 is 13.2 Å². The van der Waals surface area contributed by atoms with Gasteiger partial charge in [-0.2, -0.15) is 5.26 Å². The second-order valence-corrected chi connectivity index (χ2v) is 10.3. The van der Waals surface area contributed by atoms with E-state index in [1.54, 1.807) is 20.1 Å². The van der Waals surface area contributed by atoms with Crippen LogP contribution >= 0.6 is 11.3 Å². The second-order valence-electron chi connectivity index (χ2n) is 7.17. The molecule has 0 unspecified atom stereocenters. The number of hydrogen-bond donors (Lipinski definition) is 0. The fourth-order valence-electron chi connectivity index (χ4n) is 3.28. The molecular formula is C18H19N5O4S2. The van der Waals surface area contributed by atoms with Gasteiger partial charge in [-0.1, -0.05) is 11.3 Å². The van der Waals surface area contributed by atoms with Gasteiger partial charge < -0.3 is 4.74 Å². The Morgan fingerprint density at radius 2 is 2.07 bits per heavy atom. The Hall–Kier alpha value is -2.55. The largest absolute Gasteiger partial charge is 0.383 e. The molecule has 2 aromatic heterocycles. The van der Waals surface area contributed by atoms with Crippen LogP contribution < -0.4 is 5.69 Å². The normalized spacial score (nSPS) is 15.5. The number of fused-ring (bicyclic) bond motifs is 1. The van der Waals surface area contributed by atoms with E-state index in [0.29, 0.717) is 47.2 Å². The fraction of sp³-hybridized carbons (Fsp3) is 0.444. The molecular weight excluding hydrogens is 414 g/mol. The van der Waals surface area contributed by atoms with Crippen molar-refractivity contribution in [1.29, 1.82) is 5.26 Å². The molecule has 0 bridgehead atoms. The second kappa shape index (κ2) is 7.05. The number of hydrogen-bond acceptors (Lipinski definition) is 8. The van der Waals surface area contributed by atoms with Gasteiger partial charge in [0.05, 0.1) is 46.3 Å². The Bertz CT molecular complexity index is 1290. The molecule has 11 heteroatoms. The maximum atomic E-state index is 13.1. The van der Waals surface area contributed by atoms with E-state index in [0.717, 1.165) is 0 Å². The summed E-state index contributed by atoms with van der Waals surface area (Å²) >= 11 is 1.25. The number of aryl methyl sites for hydroxylation is 1. The third-order valence-corrected chi connectivity index (χ3v) is 7.77. The summed E-state index contributed by atoms with van der Waals surface area (Å²) in [7, 11) is -2.13. The maximum Gasteiger partial charge on any atom is 0.335 e. The Kier molecular flexibility index (Phi) is 4.80. The molecule has 9 nitrogen and oxygen atoms in total. The van der Waals surface area contributed by atoms with E-state index < -0.39 is 15.3 Å². The molecule has 2 heterocycles. The SMILES string of the molecule is COCCn1c(=O)n(-c2nnc(C)s2)c2cc(S(=O)(=O)CC3(C#N)CC3)ccc21. The summed E-state index contributed by atoms with van der Waals surface area (Å²) in [5, 5.41) is 18.4. The lowest BCUT2D eigenvalue weighted by Gasteiger charge is -2.08. The molecule has 1 fully saturated rings. The summed E-state index contributed by atoms with van der Waals surface area (Å²) in [6.45, 7) is 2.43. The van der Waals surface area contributed by atoms with Crippen molar-refractivity contribution in [3.63, 3.8) is 0 Å². The molecule has 1 saturated carbocycles. The van der Waals surface area contributed by atoms with Gasteiger partial charge in [-0.05, 0) is 38.0 Å². The van der Waals surface area contributed by atoms with Crippen molar-refractivity contribution in [2.75, 3.05) is 19.5 Å². The van der Waals surface area contributed by atoms with Crippen molar-refractivity contribution in [2.45, 2.75) is 31.2 Å². The third-order valence-electron chi connectivity index (χ3n) is 5.04. The smallest absolute Gasteiger partial charge is 0.335 e. The Morgan fingerprint density at radius 1 is 1.31 bits per heavy atom. The molecule has 4 rings (SSSR count). The zero-order chi connectivity index (χ0) is 20.8. The molecule has 0 saturated heterocycles. The van der Waals surface area contributed by atoms with Gasteiger partial charge in [0.1, 0.15) is 5.01 Å². The van der Waals surface area contributed by atoms with E-state index in [9.17, 15) is 18.5 Å². The monoisotopic (exact) mass is 433 g/mol. The molecule has 29 heavy (non-hydrogen) atoms. The van der Waals surface area contributed by atoms with E-state index in [2.05, 4.69) is 16.3 Å². The molecule has 1 aliphatic rings. The van der Waals surface area contributed by atoms with Crippen LogP contribution in [0.1, 0.15) is 17.8 Å². The lowest BCUT2D eigenvalue weighted by atomic mass is 10.2. The number of ether oxygens (including phenoxy) is 1. The first kappa shape index (κ1) is 19.8. The molecule has 0 spiro atoms. The number of rotatable bonds is 7. The van der Waals surface area contributed by atoms with Gasteiger partial charge in [0.15, 0.2) is 9.84 Å². The maximum absolute atomic E-state index is 13.1. The van der Waals surface area contributed by atoms with Crippen molar-refractivity contribution >= 4 is 32.2 Å². The van der Waals surface area contributed by atoms with Gasteiger partial charge in [-0.3, -0.25) is 4.57 Å². The minimum atomic E-state index is -3.68. The molecule has 3 aromatic rings. The Labute approximate surface area is 171 Å². The highest BCUT2D eigenvalue weighted by molar-refractivity contribution is 7.91. The summed E-state index contributed by atoms with van der Waals surface area (Å²) < 4.78 is 33.8. The van der Waals surface area contributed by atoms with Crippen LogP contribution in [0.25, 0.3) is 16.2 Å². The average molecular weight is 434 g/mol. The highest BCUT2D eigenvalue weighted by atomic mass is 32.2. The predicted molar refractivity (Wildman–Crippen MR) is 107 cm³/mol.